The van der Waals surface area contributed by atoms with E-state index >= 15 is 0 Å². The lowest BCUT2D eigenvalue weighted by molar-refractivity contribution is -0.117. The summed E-state index contributed by atoms with van der Waals surface area (Å²) in [5.41, 5.74) is 0.971. The van der Waals surface area contributed by atoms with Crippen LogP contribution in [0.2, 0.25) is 0 Å². The Kier molecular flexibility index (Phi) is 2.82. The van der Waals surface area contributed by atoms with Gasteiger partial charge in [-0.3, -0.25) is 19.4 Å². The van der Waals surface area contributed by atoms with Crippen molar-refractivity contribution in [3.63, 3.8) is 0 Å². The van der Waals surface area contributed by atoms with Crippen molar-refractivity contribution in [3.8, 4) is 0 Å². The predicted molar refractivity (Wildman–Crippen MR) is 84.8 cm³/mol. The first-order valence-corrected chi connectivity index (χ1v) is 7.54. The highest BCUT2D eigenvalue weighted by molar-refractivity contribution is 6.17. The van der Waals surface area contributed by atoms with E-state index in [-0.39, 0.29) is 17.6 Å². The van der Waals surface area contributed by atoms with Gasteiger partial charge in [0.25, 0.3) is 5.91 Å². The van der Waals surface area contributed by atoms with Gasteiger partial charge in [0.2, 0.25) is 5.91 Å². The molecule has 0 saturated carbocycles. The molecule has 4 rings (SSSR count). The molecular formula is C18H15FN2O2. The maximum Gasteiger partial charge on any atom is 0.262 e. The summed E-state index contributed by atoms with van der Waals surface area (Å²) in [4.78, 5) is 28.8. The molecule has 2 heterocycles. The van der Waals surface area contributed by atoms with E-state index in [1.165, 1.54) is 12.1 Å². The highest BCUT2D eigenvalue weighted by atomic mass is 19.1. The van der Waals surface area contributed by atoms with E-state index in [4.69, 9.17) is 0 Å². The average Bonchev–Trinajstić information content (AvgIpc) is 2.85. The lowest BCUT2D eigenvalue weighted by Crippen LogP contribution is -2.62. The summed E-state index contributed by atoms with van der Waals surface area (Å²) < 4.78 is 13.2. The Hall–Kier alpha value is -2.69. The molecule has 0 unspecified atom stereocenters. The Morgan fingerprint density at radius 2 is 1.70 bits per heavy atom. The molecule has 23 heavy (non-hydrogen) atoms. The van der Waals surface area contributed by atoms with Crippen LogP contribution in [0.4, 0.5) is 15.8 Å². The fourth-order valence-corrected chi connectivity index (χ4v) is 3.62. The maximum absolute atomic E-state index is 13.2. The third kappa shape index (κ3) is 1.82. The average molecular weight is 310 g/mol. The second-order valence-electron chi connectivity index (χ2n) is 6.08. The van der Waals surface area contributed by atoms with Gasteiger partial charge in [0.15, 0.2) is 0 Å². The molecule has 2 aromatic rings. The fourth-order valence-electron chi connectivity index (χ4n) is 3.62. The molecule has 2 aliphatic heterocycles. The van der Waals surface area contributed by atoms with Crippen molar-refractivity contribution in [1.82, 2.24) is 0 Å². The summed E-state index contributed by atoms with van der Waals surface area (Å²) in [7, 11) is 0. The van der Waals surface area contributed by atoms with E-state index in [9.17, 15) is 14.0 Å². The zero-order valence-electron chi connectivity index (χ0n) is 12.6. The standard InChI is InChI=1S/C18H15FN2O2/c1-18-11-10-16(22)21(18)15-5-3-2-4-14(15)17(23)20(18)13-8-6-12(19)7-9-13/h2-9H,10-11H2,1H3/t18-/m1/s1. The summed E-state index contributed by atoms with van der Waals surface area (Å²) in [5, 5.41) is 0. The monoisotopic (exact) mass is 310 g/mol. The minimum absolute atomic E-state index is 0.000406. The summed E-state index contributed by atoms with van der Waals surface area (Å²) >= 11 is 0. The van der Waals surface area contributed by atoms with Gasteiger partial charge in [-0.25, -0.2) is 4.39 Å². The van der Waals surface area contributed by atoms with Crippen LogP contribution in [0.5, 0.6) is 0 Å². The van der Waals surface area contributed by atoms with Gasteiger partial charge in [-0.2, -0.15) is 0 Å². The van der Waals surface area contributed by atoms with Gasteiger partial charge in [0, 0.05) is 12.1 Å². The Morgan fingerprint density at radius 1 is 1.00 bits per heavy atom. The smallest absolute Gasteiger partial charge is 0.262 e. The molecule has 1 fully saturated rings. The van der Waals surface area contributed by atoms with Crippen molar-refractivity contribution in [1.29, 1.82) is 0 Å². The highest BCUT2D eigenvalue weighted by Gasteiger charge is 2.53. The lowest BCUT2D eigenvalue weighted by Gasteiger charge is -2.48. The second-order valence-corrected chi connectivity index (χ2v) is 6.08. The molecule has 0 bridgehead atoms. The Morgan fingerprint density at radius 3 is 2.43 bits per heavy atom. The third-order valence-electron chi connectivity index (χ3n) is 4.69. The minimum Gasteiger partial charge on any atom is -0.288 e. The molecule has 0 radical (unpaired) electrons. The molecule has 2 aromatic carbocycles. The normalized spacial score (nSPS) is 23.0. The molecule has 116 valence electrons. The van der Waals surface area contributed by atoms with Gasteiger partial charge in [-0.15, -0.1) is 0 Å². The molecule has 0 aromatic heterocycles. The summed E-state index contributed by atoms with van der Waals surface area (Å²) in [6.45, 7) is 1.88. The zero-order chi connectivity index (χ0) is 16.2. The number of para-hydroxylation sites is 1. The van der Waals surface area contributed by atoms with Crippen LogP contribution in [-0.2, 0) is 4.79 Å². The number of carbonyl (C=O) groups is 2. The number of benzene rings is 2. The van der Waals surface area contributed by atoms with Crippen LogP contribution in [0.3, 0.4) is 0 Å². The molecule has 2 amide bonds. The van der Waals surface area contributed by atoms with Crippen LogP contribution in [0.25, 0.3) is 0 Å². The molecule has 1 saturated heterocycles. The molecule has 4 nitrogen and oxygen atoms in total. The van der Waals surface area contributed by atoms with Gasteiger partial charge in [-0.05, 0) is 49.7 Å². The SMILES string of the molecule is C[C@]12CCC(=O)N1c1ccccc1C(=O)N2c1ccc(F)cc1. The van der Waals surface area contributed by atoms with Crippen LogP contribution in [0.1, 0.15) is 30.1 Å². The maximum atomic E-state index is 13.2. The fraction of sp³-hybridized carbons (Fsp3) is 0.222. The van der Waals surface area contributed by atoms with Gasteiger partial charge in [-0.1, -0.05) is 12.1 Å². The number of amides is 2. The van der Waals surface area contributed by atoms with E-state index in [1.54, 1.807) is 40.1 Å². The first kappa shape index (κ1) is 13.9. The number of carbonyl (C=O) groups excluding carboxylic acids is 2. The topological polar surface area (TPSA) is 40.6 Å². The molecule has 2 aliphatic rings. The second kappa shape index (κ2) is 4.65. The first-order chi connectivity index (χ1) is 11.0. The molecule has 1 atom stereocenters. The summed E-state index contributed by atoms with van der Waals surface area (Å²) in [6.07, 6.45) is 0.930. The Balaban J connectivity index is 1.95. The number of nitrogens with zero attached hydrogens (tertiary/aromatic N) is 2. The van der Waals surface area contributed by atoms with Crippen molar-refractivity contribution in [2.45, 2.75) is 25.4 Å². The number of rotatable bonds is 1. The van der Waals surface area contributed by atoms with Crippen molar-refractivity contribution < 1.29 is 14.0 Å². The van der Waals surface area contributed by atoms with Crippen LogP contribution in [0.15, 0.2) is 48.5 Å². The van der Waals surface area contributed by atoms with Crippen molar-refractivity contribution >= 4 is 23.2 Å². The van der Waals surface area contributed by atoms with Gasteiger partial charge >= 0.3 is 0 Å². The zero-order valence-corrected chi connectivity index (χ0v) is 12.6. The quantitative estimate of drug-likeness (QED) is 0.810. The molecule has 0 aliphatic carbocycles. The van der Waals surface area contributed by atoms with E-state index in [0.717, 1.165) is 0 Å². The number of fused-ring (bicyclic) bond motifs is 3. The Labute approximate surface area is 133 Å². The molecule has 5 heteroatoms. The van der Waals surface area contributed by atoms with Crippen molar-refractivity contribution in [2.75, 3.05) is 9.80 Å². The number of anilines is 2. The van der Waals surface area contributed by atoms with Gasteiger partial charge in [0.1, 0.15) is 11.5 Å². The van der Waals surface area contributed by atoms with Crippen LogP contribution >= 0.6 is 0 Å². The van der Waals surface area contributed by atoms with Crippen LogP contribution in [0, 0.1) is 5.82 Å². The summed E-state index contributed by atoms with van der Waals surface area (Å²) in [5.74, 6) is -0.525. The summed E-state index contributed by atoms with van der Waals surface area (Å²) in [6, 6.07) is 12.9. The lowest BCUT2D eigenvalue weighted by atomic mass is 9.97. The number of hydrogen-bond donors (Lipinski definition) is 0. The van der Waals surface area contributed by atoms with Crippen molar-refractivity contribution in [2.24, 2.45) is 0 Å². The number of hydrogen-bond acceptors (Lipinski definition) is 2. The van der Waals surface area contributed by atoms with E-state index in [1.807, 2.05) is 13.0 Å². The molecular weight excluding hydrogens is 295 g/mol. The van der Waals surface area contributed by atoms with Gasteiger partial charge < -0.3 is 0 Å². The van der Waals surface area contributed by atoms with Crippen molar-refractivity contribution in [3.05, 3.63) is 59.9 Å². The number of halogens is 1. The third-order valence-corrected chi connectivity index (χ3v) is 4.69. The van der Waals surface area contributed by atoms with E-state index < -0.39 is 5.66 Å². The Bertz CT molecular complexity index is 818. The first-order valence-electron chi connectivity index (χ1n) is 7.54. The van der Waals surface area contributed by atoms with Crippen LogP contribution in [-0.4, -0.2) is 17.5 Å². The predicted octanol–water partition coefficient (Wildman–Crippen LogP) is 3.33. The molecule has 0 spiro atoms. The van der Waals surface area contributed by atoms with E-state index in [2.05, 4.69) is 0 Å². The van der Waals surface area contributed by atoms with Gasteiger partial charge in [0.05, 0.1) is 11.3 Å². The largest absolute Gasteiger partial charge is 0.288 e. The minimum atomic E-state index is -0.764. The van der Waals surface area contributed by atoms with E-state index in [0.29, 0.717) is 29.8 Å². The van der Waals surface area contributed by atoms with Crippen LogP contribution < -0.4 is 9.80 Å². The molecule has 0 N–H and O–H groups in total. The highest BCUT2D eigenvalue weighted by Crippen LogP contribution is 2.45.